The van der Waals surface area contributed by atoms with Crippen molar-refractivity contribution in [2.75, 3.05) is 7.11 Å². The number of rotatable bonds is 5. The molecule has 142 valence electrons. The molecule has 0 aliphatic rings. The fourth-order valence-electron chi connectivity index (χ4n) is 2.45. The van der Waals surface area contributed by atoms with Crippen molar-refractivity contribution in [1.82, 2.24) is 5.43 Å². The van der Waals surface area contributed by atoms with Crippen molar-refractivity contribution in [1.29, 1.82) is 0 Å². The maximum atomic E-state index is 12.0. The highest BCUT2D eigenvalue weighted by Crippen LogP contribution is 2.27. The molecule has 1 heterocycles. The van der Waals surface area contributed by atoms with Gasteiger partial charge >= 0.3 is 5.97 Å². The number of methoxy groups -OCH3 is 1. The molecule has 1 amide bonds. The number of hydrogen-bond donors (Lipinski definition) is 1. The maximum Gasteiger partial charge on any atom is 0.339 e. The van der Waals surface area contributed by atoms with Crippen molar-refractivity contribution in [2.45, 2.75) is 6.92 Å². The summed E-state index contributed by atoms with van der Waals surface area (Å²) in [5.74, 6) is 0.179. The topological polar surface area (TPSA) is 80.9 Å². The smallest absolute Gasteiger partial charge is 0.339 e. The number of amides is 1. The molecule has 3 aromatic rings. The van der Waals surface area contributed by atoms with E-state index in [0.29, 0.717) is 22.6 Å². The van der Waals surface area contributed by atoms with Crippen LogP contribution in [0.15, 0.2) is 64.1 Å². The third-order valence-corrected chi connectivity index (χ3v) is 4.27. The minimum atomic E-state index is -0.506. The van der Waals surface area contributed by atoms with E-state index in [1.54, 1.807) is 42.5 Å². The Morgan fingerprint density at radius 1 is 1.11 bits per heavy atom. The second-order valence-corrected chi connectivity index (χ2v) is 6.36. The fourth-order valence-corrected chi connectivity index (χ4v) is 2.70. The highest BCUT2D eigenvalue weighted by molar-refractivity contribution is 6.33. The van der Waals surface area contributed by atoms with Crippen LogP contribution in [0.4, 0.5) is 0 Å². The van der Waals surface area contributed by atoms with E-state index in [1.807, 2.05) is 19.1 Å². The third kappa shape index (κ3) is 4.47. The van der Waals surface area contributed by atoms with E-state index in [1.165, 1.54) is 13.3 Å². The normalized spacial score (nSPS) is 10.8. The summed E-state index contributed by atoms with van der Waals surface area (Å²) in [5.41, 5.74) is 5.01. The van der Waals surface area contributed by atoms with Crippen LogP contribution in [-0.2, 0) is 4.74 Å². The Bertz CT molecular complexity index is 1040. The molecule has 0 radical (unpaired) electrons. The summed E-state index contributed by atoms with van der Waals surface area (Å²) in [6, 6.07) is 15.5. The fraction of sp³-hybridized carbons (Fsp3) is 0.0952. The predicted octanol–water partition coefficient (Wildman–Crippen LogP) is 4.46. The van der Waals surface area contributed by atoms with Gasteiger partial charge in [0.15, 0.2) is 0 Å². The summed E-state index contributed by atoms with van der Waals surface area (Å²) in [5, 5.41) is 4.17. The van der Waals surface area contributed by atoms with Gasteiger partial charge in [0, 0.05) is 11.1 Å². The van der Waals surface area contributed by atoms with Crippen LogP contribution >= 0.6 is 11.6 Å². The number of hydrazone groups is 1. The lowest BCUT2D eigenvalue weighted by Crippen LogP contribution is -2.17. The zero-order chi connectivity index (χ0) is 20.1. The van der Waals surface area contributed by atoms with Gasteiger partial charge in [-0.3, -0.25) is 4.79 Å². The minimum Gasteiger partial charge on any atom is -0.465 e. The van der Waals surface area contributed by atoms with Gasteiger partial charge in [-0.25, -0.2) is 10.2 Å². The Labute approximate surface area is 166 Å². The zero-order valence-electron chi connectivity index (χ0n) is 15.2. The molecule has 0 aliphatic carbocycles. The molecule has 0 bridgehead atoms. The Kier molecular flexibility index (Phi) is 5.91. The van der Waals surface area contributed by atoms with Crippen LogP contribution in [-0.4, -0.2) is 25.2 Å². The lowest BCUT2D eigenvalue weighted by atomic mass is 10.1. The van der Waals surface area contributed by atoms with Crippen molar-refractivity contribution in [3.63, 3.8) is 0 Å². The molecular weight excluding hydrogens is 380 g/mol. The van der Waals surface area contributed by atoms with Gasteiger partial charge in [-0.15, -0.1) is 0 Å². The molecule has 1 N–H and O–H groups in total. The predicted molar refractivity (Wildman–Crippen MR) is 107 cm³/mol. The molecule has 0 saturated heterocycles. The Morgan fingerprint density at radius 2 is 1.86 bits per heavy atom. The number of hydrogen-bond acceptors (Lipinski definition) is 5. The van der Waals surface area contributed by atoms with Crippen LogP contribution in [0.2, 0.25) is 5.02 Å². The van der Waals surface area contributed by atoms with E-state index in [0.717, 1.165) is 5.56 Å². The summed E-state index contributed by atoms with van der Waals surface area (Å²) in [4.78, 5) is 23.6. The van der Waals surface area contributed by atoms with Crippen molar-refractivity contribution in [2.24, 2.45) is 5.10 Å². The average Bonchev–Trinajstić information content (AvgIpc) is 3.16. The Hall–Kier alpha value is -3.38. The van der Waals surface area contributed by atoms with Crippen molar-refractivity contribution in [3.05, 3.63) is 82.1 Å². The molecule has 6 nitrogen and oxygen atoms in total. The Morgan fingerprint density at radius 3 is 2.54 bits per heavy atom. The van der Waals surface area contributed by atoms with Gasteiger partial charge < -0.3 is 9.15 Å². The van der Waals surface area contributed by atoms with E-state index in [2.05, 4.69) is 15.3 Å². The quantitative estimate of drug-likeness (QED) is 0.392. The third-order valence-electron chi connectivity index (χ3n) is 3.96. The highest BCUT2D eigenvalue weighted by Gasteiger charge is 2.13. The van der Waals surface area contributed by atoms with Gasteiger partial charge in [0.25, 0.3) is 5.91 Å². The van der Waals surface area contributed by atoms with Crippen LogP contribution < -0.4 is 5.43 Å². The van der Waals surface area contributed by atoms with Crippen LogP contribution in [0, 0.1) is 6.92 Å². The van der Waals surface area contributed by atoms with E-state index in [-0.39, 0.29) is 16.5 Å². The number of furan rings is 1. The first-order chi connectivity index (χ1) is 13.5. The van der Waals surface area contributed by atoms with Crippen LogP contribution in [0.5, 0.6) is 0 Å². The Balaban J connectivity index is 1.67. The minimum absolute atomic E-state index is 0.265. The average molecular weight is 397 g/mol. The van der Waals surface area contributed by atoms with Crippen LogP contribution in [0.1, 0.15) is 32.0 Å². The number of halogens is 1. The van der Waals surface area contributed by atoms with Crippen LogP contribution in [0.3, 0.4) is 0 Å². The second kappa shape index (κ2) is 8.54. The van der Waals surface area contributed by atoms with Crippen molar-refractivity contribution in [3.8, 4) is 11.3 Å². The largest absolute Gasteiger partial charge is 0.465 e. The highest BCUT2D eigenvalue weighted by atomic mass is 35.5. The van der Waals surface area contributed by atoms with E-state index in [4.69, 9.17) is 16.0 Å². The lowest BCUT2D eigenvalue weighted by Gasteiger charge is -2.04. The van der Waals surface area contributed by atoms with Gasteiger partial charge in [0.05, 0.1) is 23.9 Å². The molecule has 1 aromatic heterocycles. The van der Waals surface area contributed by atoms with Gasteiger partial charge in [-0.2, -0.15) is 5.10 Å². The molecule has 28 heavy (non-hydrogen) atoms. The first kappa shape index (κ1) is 19.4. The number of carbonyl (C=O) groups excluding carboxylic acids is 2. The number of nitrogens with one attached hydrogen (secondary N) is 1. The summed E-state index contributed by atoms with van der Waals surface area (Å²) in [6.45, 7) is 1.95. The second-order valence-electron chi connectivity index (χ2n) is 5.95. The molecule has 0 unspecified atom stereocenters. The van der Waals surface area contributed by atoms with E-state index < -0.39 is 5.97 Å². The number of benzene rings is 2. The van der Waals surface area contributed by atoms with E-state index >= 15 is 0 Å². The number of ether oxygens (including phenoxy) is 1. The van der Waals surface area contributed by atoms with Crippen molar-refractivity contribution >= 4 is 29.7 Å². The lowest BCUT2D eigenvalue weighted by molar-refractivity contribution is 0.0600. The maximum absolute atomic E-state index is 12.0. The number of carbonyl (C=O) groups is 2. The van der Waals surface area contributed by atoms with E-state index in [9.17, 15) is 9.59 Å². The summed E-state index contributed by atoms with van der Waals surface area (Å²) >= 11 is 6.13. The molecule has 0 saturated carbocycles. The number of aryl methyl sites for hydroxylation is 1. The van der Waals surface area contributed by atoms with Gasteiger partial charge in [0.2, 0.25) is 0 Å². The monoisotopic (exact) mass is 396 g/mol. The van der Waals surface area contributed by atoms with Crippen molar-refractivity contribution < 1.29 is 18.7 Å². The van der Waals surface area contributed by atoms with Gasteiger partial charge in [-0.05, 0) is 43.3 Å². The number of esters is 1. The van der Waals surface area contributed by atoms with Gasteiger partial charge in [0.1, 0.15) is 11.5 Å². The van der Waals surface area contributed by atoms with Crippen LogP contribution in [0.25, 0.3) is 11.3 Å². The summed E-state index contributed by atoms with van der Waals surface area (Å²) in [6.07, 6.45) is 1.40. The molecule has 2 aromatic carbocycles. The molecule has 0 atom stereocenters. The zero-order valence-corrected chi connectivity index (χ0v) is 16.0. The summed E-state index contributed by atoms with van der Waals surface area (Å²) in [7, 11) is 1.29. The summed E-state index contributed by atoms with van der Waals surface area (Å²) < 4.78 is 10.3. The number of nitrogens with zero attached hydrogens (tertiary/aromatic N) is 1. The molecule has 3 rings (SSSR count). The molecule has 7 heteroatoms. The molecular formula is C21H17ClN2O4. The first-order valence-corrected chi connectivity index (χ1v) is 8.74. The SMILES string of the molecule is COC(=O)c1ccc(-c2ccc(/C=N/NC(=O)c3ccc(C)cc3)o2)cc1Cl. The van der Waals surface area contributed by atoms with Gasteiger partial charge in [-0.1, -0.05) is 35.4 Å². The first-order valence-electron chi connectivity index (χ1n) is 8.36. The standard InChI is InChI=1S/C21H17ClN2O4/c1-13-3-5-14(6-4-13)20(25)24-23-12-16-8-10-19(28-16)15-7-9-17(18(22)11-15)21(26)27-2/h3-12H,1-2H3,(H,24,25)/b23-12+. The molecule has 0 spiro atoms. The molecule has 0 fully saturated rings. The molecule has 0 aliphatic heterocycles.